The molecule has 0 amide bonds. The monoisotopic (exact) mass is 237 g/mol. The van der Waals surface area contributed by atoms with Gasteiger partial charge in [0.25, 0.3) is 5.56 Å². The van der Waals surface area contributed by atoms with Gasteiger partial charge < -0.3 is 9.88 Å². The molecule has 2 heterocycles. The summed E-state index contributed by atoms with van der Waals surface area (Å²) in [5, 5.41) is 0. The van der Waals surface area contributed by atoms with E-state index in [2.05, 4.69) is 16.9 Å². The molecule has 17 heavy (non-hydrogen) atoms. The SMILES string of the molecule is CN1CCCCC1CCn1c(=O)cc[nH]c1=O. The van der Waals surface area contributed by atoms with E-state index in [0.29, 0.717) is 12.6 Å². The number of aromatic amines is 1. The largest absolute Gasteiger partial charge is 0.328 e. The van der Waals surface area contributed by atoms with Crippen LogP contribution in [0.2, 0.25) is 0 Å². The maximum absolute atomic E-state index is 11.5. The summed E-state index contributed by atoms with van der Waals surface area (Å²) in [6.07, 6.45) is 5.92. The van der Waals surface area contributed by atoms with Gasteiger partial charge in [0.15, 0.2) is 0 Å². The molecule has 1 saturated heterocycles. The Balaban J connectivity index is 2.02. The van der Waals surface area contributed by atoms with Crippen molar-refractivity contribution in [2.75, 3.05) is 13.6 Å². The number of aromatic nitrogens is 2. The summed E-state index contributed by atoms with van der Waals surface area (Å²) in [7, 11) is 2.11. The van der Waals surface area contributed by atoms with Crippen molar-refractivity contribution in [2.24, 2.45) is 0 Å². The van der Waals surface area contributed by atoms with Crippen LogP contribution in [0, 0.1) is 0 Å². The number of hydrogen-bond donors (Lipinski definition) is 1. The second-order valence-electron chi connectivity index (χ2n) is 4.69. The molecule has 0 bridgehead atoms. The lowest BCUT2D eigenvalue weighted by atomic mass is 10.0. The summed E-state index contributed by atoms with van der Waals surface area (Å²) >= 11 is 0. The quantitative estimate of drug-likeness (QED) is 0.828. The standard InChI is InChI=1S/C12H19N3O2/c1-14-8-3-2-4-10(14)6-9-15-11(16)5-7-13-12(15)17/h5,7,10H,2-4,6,8-9H2,1H3,(H,13,17). The molecular formula is C12H19N3O2. The van der Waals surface area contributed by atoms with Crippen LogP contribution >= 0.6 is 0 Å². The molecule has 94 valence electrons. The Kier molecular flexibility index (Phi) is 3.78. The van der Waals surface area contributed by atoms with Gasteiger partial charge in [0.1, 0.15) is 0 Å². The second-order valence-corrected chi connectivity index (χ2v) is 4.69. The molecule has 1 aromatic rings. The molecule has 1 unspecified atom stereocenters. The highest BCUT2D eigenvalue weighted by atomic mass is 16.2. The lowest BCUT2D eigenvalue weighted by Gasteiger charge is -2.32. The summed E-state index contributed by atoms with van der Waals surface area (Å²) in [4.78, 5) is 27.9. The first-order valence-corrected chi connectivity index (χ1v) is 6.17. The van der Waals surface area contributed by atoms with Crippen LogP contribution in [0.15, 0.2) is 21.9 Å². The number of hydrogen-bond acceptors (Lipinski definition) is 3. The lowest BCUT2D eigenvalue weighted by Crippen LogP contribution is -2.40. The van der Waals surface area contributed by atoms with Gasteiger partial charge in [-0.1, -0.05) is 6.42 Å². The van der Waals surface area contributed by atoms with Crippen LogP contribution in [-0.4, -0.2) is 34.1 Å². The molecule has 0 saturated carbocycles. The summed E-state index contributed by atoms with van der Waals surface area (Å²) in [5.41, 5.74) is -0.525. The molecule has 1 aromatic heterocycles. The Hall–Kier alpha value is -1.36. The van der Waals surface area contributed by atoms with Crippen LogP contribution < -0.4 is 11.2 Å². The zero-order valence-corrected chi connectivity index (χ0v) is 10.2. The lowest BCUT2D eigenvalue weighted by molar-refractivity contribution is 0.170. The smallest absolute Gasteiger partial charge is 0.314 e. The zero-order valence-electron chi connectivity index (χ0n) is 10.2. The van der Waals surface area contributed by atoms with E-state index >= 15 is 0 Å². The Labute approximate surface area is 100 Å². The number of nitrogens with zero attached hydrogens (tertiary/aromatic N) is 2. The van der Waals surface area contributed by atoms with Gasteiger partial charge in [-0.05, 0) is 32.9 Å². The van der Waals surface area contributed by atoms with E-state index in [4.69, 9.17) is 0 Å². The molecule has 1 aliphatic rings. The predicted octanol–water partition coefficient (Wildman–Crippen LogP) is 0.411. The Bertz CT molecular complexity index is 449. The highest BCUT2D eigenvalue weighted by molar-refractivity contribution is 4.83. The van der Waals surface area contributed by atoms with E-state index in [1.165, 1.54) is 29.7 Å². The minimum Gasteiger partial charge on any atom is -0.314 e. The van der Waals surface area contributed by atoms with Gasteiger partial charge in [-0.2, -0.15) is 0 Å². The van der Waals surface area contributed by atoms with Gasteiger partial charge in [0, 0.05) is 24.8 Å². The number of likely N-dealkylation sites (tertiary alicyclic amines) is 1. The first-order valence-electron chi connectivity index (χ1n) is 6.17. The molecule has 5 nitrogen and oxygen atoms in total. The third-order valence-corrected chi connectivity index (χ3v) is 3.55. The molecule has 2 rings (SSSR count). The van der Waals surface area contributed by atoms with Gasteiger partial charge in [-0.3, -0.25) is 9.36 Å². The fourth-order valence-electron chi connectivity index (χ4n) is 2.45. The Morgan fingerprint density at radius 1 is 1.41 bits per heavy atom. The third kappa shape index (κ3) is 2.85. The van der Waals surface area contributed by atoms with Crippen molar-refractivity contribution in [3.63, 3.8) is 0 Å². The summed E-state index contributed by atoms with van der Waals surface area (Å²) in [5.74, 6) is 0. The van der Waals surface area contributed by atoms with Crippen LogP contribution in [0.3, 0.4) is 0 Å². The van der Waals surface area contributed by atoms with Crippen LogP contribution in [0.1, 0.15) is 25.7 Å². The third-order valence-electron chi connectivity index (χ3n) is 3.55. The highest BCUT2D eigenvalue weighted by Crippen LogP contribution is 2.17. The second kappa shape index (κ2) is 5.31. The maximum atomic E-state index is 11.5. The maximum Gasteiger partial charge on any atom is 0.328 e. The molecule has 0 aromatic carbocycles. The van der Waals surface area contributed by atoms with E-state index in [-0.39, 0.29) is 11.2 Å². The molecule has 1 fully saturated rings. The van der Waals surface area contributed by atoms with E-state index in [0.717, 1.165) is 19.4 Å². The summed E-state index contributed by atoms with van der Waals surface area (Å²) in [6.45, 7) is 1.62. The van der Waals surface area contributed by atoms with Gasteiger partial charge in [-0.15, -0.1) is 0 Å². The first-order chi connectivity index (χ1) is 8.18. The van der Waals surface area contributed by atoms with Crippen molar-refractivity contribution in [3.8, 4) is 0 Å². The van der Waals surface area contributed by atoms with E-state index in [9.17, 15) is 9.59 Å². The molecule has 1 N–H and O–H groups in total. The van der Waals surface area contributed by atoms with Crippen molar-refractivity contribution in [3.05, 3.63) is 33.1 Å². The van der Waals surface area contributed by atoms with E-state index in [1.54, 1.807) is 0 Å². The number of piperidine rings is 1. The zero-order chi connectivity index (χ0) is 12.3. The Morgan fingerprint density at radius 3 is 2.94 bits per heavy atom. The fourth-order valence-corrected chi connectivity index (χ4v) is 2.45. The number of nitrogens with one attached hydrogen (secondary N) is 1. The molecule has 0 spiro atoms. The summed E-state index contributed by atoms with van der Waals surface area (Å²) < 4.78 is 1.28. The predicted molar refractivity (Wildman–Crippen MR) is 66.2 cm³/mol. The van der Waals surface area contributed by atoms with Crippen molar-refractivity contribution in [1.82, 2.24) is 14.5 Å². The molecule has 1 atom stereocenters. The van der Waals surface area contributed by atoms with Gasteiger partial charge >= 0.3 is 5.69 Å². The number of H-pyrrole nitrogens is 1. The van der Waals surface area contributed by atoms with Crippen molar-refractivity contribution >= 4 is 0 Å². The van der Waals surface area contributed by atoms with Crippen LogP contribution in [0.4, 0.5) is 0 Å². The number of rotatable bonds is 3. The average molecular weight is 237 g/mol. The average Bonchev–Trinajstić information content (AvgIpc) is 2.30. The van der Waals surface area contributed by atoms with Crippen LogP contribution in [0.25, 0.3) is 0 Å². The van der Waals surface area contributed by atoms with Crippen LogP contribution in [-0.2, 0) is 6.54 Å². The van der Waals surface area contributed by atoms with Crippen molar-refractivity contribution in [2.45, 2.75) is 38.3 Å². The van der Waals surface area contributed by atoms with Crippen molar-refractivity contribution < 1.29 is 0 Å². The summed E-state index contributed by atoms with van der Waals surface area (Å²) in [6, 6.07) is 1.89. The molecule has 1 aliphatic heterocycles. The fraction of sp³-hybridized carbons (Fsp3) is 0.667. The molecule has 0 radical (unpaired) electrons. The molecule has 0 aliphatic carbocycles. The topological polar surface area (TPSA) is 58.1 Å². The van der Waals surface area contributed by atoms with Gasteiger partial charge in [-0.25, -0.2) is 4.79 Å². The van der Waals surface area contributed by atoms with Gasteiger partial charge in [0.2, 0.25) is 0 Å². The minimum absolute atomic E-state index is 0.216. The van der Waals surface area contributed by atoms with E-state index in [1.807, 2.05) is 0 Å². The first kappa shape index (κ1) is 12.1. The Morgan fingerprint density at radius 2 is 2.24 bits per heavy atom. The molecular weight excluding hydrogens is 218 g/mol. The highest BCUT2D eigenvalue weighted by Gasteiger charge is 2.18. The van der Waals surface area contributed by atoms with E-state index < -0.39 is 0 Å². The molecule has 5 heteroatoms. The van der Waals surface area contributed by atoms with Gasteiger partial charge in [0.05, 0.1) is 0 Å². The minimum atomic E-state index is -0.309. The van der Waals surface area contributed by atoms with Crippen LogP contribution in [0.5, 0.6) is 0 Å². The van der Waals surface area contributed by atoms with Crippen molar-refractivity contribution in [1.29, 1.82) is 0 Å². The normalized spacial score (nSPS) is 21.6.